The predicted molar refractivity (Wildman–Crippen MR) is 56.5 cm³/mol. The van der Waals surface area contributed by atoms with E-state index in [4.69, 9.17) is 16.7 Å². The van der Waals surface area contributed by atoms with Crippen LogP contribution in [0.4, 0.5) is 4.79 Å². The first-order chi connectivity index (χ1) is 7.00. The fraction of sp³-hybridized carbons (Fsp3) is 0. The number of nitrogens with one attached hydrogen (secondary N) is 1. The van der Waals surface area contributed by atoms with E-state index in [0.29, 0.717) is 9.04 Å². The maximum Gasteiger partial charge on any atom is 0.420 e. The first kappa shape index (κ1) is 10.2. The lowest BCUT2D eigenvalue weighted by atomic mass is 10.4. The van der Waals surface area contributed by atoms with Gasteiger partial charge in [0.05, 0.1) is 4.47 Å². The molecule has 0 spiro atoms. The summed E-state index contributed by atoms with van der Waals surface area (Å²) < 4.78 is 0.981. The van der Waals surface area contributed by atoms with Crippen molar-refractivity contribution in [1.29, 1.82) is 0 Å². The van der Waals surface area contributed by atoms with Crippen molar-refractivity contribution in [1.82, 2.24) is 14.5 Å². The molecule has 0 saturated carbocycles. The molecule has 15 heavy (non-hydrogen) atoms. The lowest BCUT2D eigenvalue weighted by molar-refractivity contribution is 0.196. The Balaban J connectivity index is 2.94. The number of hydrogen-bond acceptors (Lipinski definition) is 3. The van der Waals surface area contributed by atoms with Crippen LogP contribution in [0.3, 0.4) is 0 Å². The van der Waals surface area contributed by atoms with Crippen LogP contribution in [-0.4, -0.2) is 25.7 Å². The van der Waals surface area contributed by atoms with Gasteiger partial charge in [-0.25, -0.2) is 14.6 Å². The molecule has 8 heteroatoms. The Kier molecular flexibility index (Phi) is 2.28. The number of halogens is 2. The summed E-state index contributed by atoms with van der Waals surface area (Å²) in [7, 11) is 0. The maximum absolute atomic E-state index is 11.2. The molecule has 0 aliphatic carbocycles. The van der Waals surface area contributed by atoms with Crippen molar-refractivity contribution in [3.05, 3.63) is 26.2 Å². The Morgan fingerprint density at radius 2 is 2.33 bits per heavy atom. The maximum atomic E-state index is 11.2. The largest absolute Gasteiger partial charge is 0.464 e. The smallest absolute Gasteiger partial charge is 0.420 e. The second-order valence-electron chi connectivity index (χ2n) is 2.68. The van der Waals surface area contributed by atoms with Gasteiger partial charge in [-0.05, 0) is 22.0 Å². The zero-order valence-electron chi connectivity index (χ0n) is 6.99. The van der Waals surface area contributed by atoms with Gasteiger partial charge in [0.25, 0.3) is 0 Å². The molecule has 0 bridgehead atoms. The van der Waals surface area contributed by atoms with Crippen molar-refractivity contribution in [3.63, 3.8) is 0 Å². The van der Waals surface area contributed by atoms with Gasteiger partial charge in [0.2, 0.25) is 0 Å². The van der Waals surface area contributed by atoms with Crippen molar-refractivity contribution >= 4 is 44.8 Å². The second kappa shape index (κ2) is 3.35. The molecular formula is C7H3BrClN3O3. The summed E-state index contributed by atoms with van der Waals surface area (Å²) in [5, 5.41) is 8.93. The highest BCUT2D eigenvalue weighted by molar-refractivity contribution is 9.10. The molecule has 2 N–H and O–H groups in total. The molecule has 2 aromatic rings. The number of aromatic nitrogens is 3. The Hall–Kier alpha value is -1.34. The van der Waals surface area contributed by atoms with E-state index in [-0.39, 0.29) is 16.3 Å². The third-order valence-electron chi connectivity index (χ3n) is 1.77. The van der Waals surface area contributed by atoms with Gasteiger partial charge in [-0.15, -0.1) is 0 Å². The van der Waals surface area contributed by atoms with Crippen molar-refractivity contribution in [3.8, 4) is 0 Å². The van der Waals surface area contributed by atoms with Crippen LogP contribution in [0.1, 0.15) is 0 Å². The molecule has 2 aromatic heterocycles. The number of hydrogen-bond donors (Lipinski definition) is 2. The topological polar surface area (TPSA) is 88.0 Å². The van der Waals surface area contributed by atoms with Crippen LogP contribution >= 0.6 is 27.5 Å². The van der Waals surface area contributed by atoms with Crippen molar-refractivity contribution in [2.45, 2.75) is 0 Å². The van der Waals surface area contributed by atoms with Crippen LogP contribution < -0.4 is 5.69 Å². The van der Waals surface area contributed by atoms with E-state index in [0.717, 1.165) is 0 Å². The van der Waals surface area contributed by atoms with Crippen LogP contribution in [-0.2, 0) is 0 Å². The molecular weight excluding hydrogens is 289 g/mol. The number of imidazole rings is 1. The molecule has 0 aromatic carbocycles. The van der Waals surface area contributed by atoms with Gasteiger partial charge >= 0.3 is 11.8 Å². The number of nitrogens with zero attached hydrogens (tertiary/aromatic N) is 2. The highest BCUT2D eigenvalue weighted by Crippen LogP contribution is 2.23. The van der Waals surface area contributed by atoms with E-state index >= 15 is 0 Å². The van der Waals surface area contributed by atoms with E-state index in [1.807, 2.05) is 0 Å². The molecule has 78 valence electrons. The summed E-state index contributed by atoms with van der Waals surface area (Å²) >= 11 is 8.78. The fourth-order valence-corrected chi connectivity index (χ4v) is 1.62. The molecule has 0 amide bonds. The number of H-pyrrole nitrogens is 1. The van der Waals surface area contributed by atoms with E-state index in [2.05, 4.69) is 25.9 Å². The number of carboxylic acid groups (broad SMARTS) is 1. The average molecular weight is 292 g/mol. The van der Waals surface area contributed by atoms with Gasteiger partial charge in [0, 0.05) is 0 Å². The fourth-order valence-electron chi connectivity index (χ4n) is 1.18. The Bertz CT molecular complexity index is 618. The van der Waals surface area contributed by atoms with Crippen LogP contribution in [0.5, 0.6) is 0 Å². The third kappa shape index (κ3) is 1.53. The molecule has 0 aliphatic rings. The van der Waals surface area contributed by atoms with Gasteiger partial charge in [0.15, 0.2) is 5.65 Å². The highest BCUT2D eigenvalue weighted by Gasteiger charge is 2.15. The standard InChI is InChI=1S/C7H3BrClN3O3/c8-2-1-3-5(10-4(2)9)11-6(13)12(3)7(14)15/h1H,(H,14,15)(H,10,11,13). The number of pyridine rings is 1. The minimum absolute atomic E-state index is 0.135. The summed E-state index contributed by atoms with van der Waals surface area (Å²) in [5.74, 6) is 0. The predicted octanol–water partition coefficient (Wildman–Crippen LogP) is 1.67. The molecule has 6 nitrogen and oxygen atoms in total. The highest BCUT2D eigenvalue weighted by atomic mass is 79.9. The minimum Gasteiger partial charge on any atom is -0.464 e. The number of carbonyl (C=O) groups is 1. The molecule has 0 fully saturated rings. The molecule has 0 atom stereocenters. The summed E-state index contributed by atoms with van der Waals surface area (Å²) in [5.41, 5.74) is -0.474. The van der Waals surface area contributed by atoms with Gasteiger partial charge < -0.3 is 5.11 Å². The lowest BCUT2D eigenvalue weighted by Gasteiger charge is -1.97. The van der Waals surface area contributed by atoms with Crippen LogP contribution in [0.2, 0.25) is 5.15 Å². The average Bonchev–Trinajstić information content (AvgIpc) is 2.41. The Morgan fingerprint density at radius 3 is 2.93 bits per heavy atom. The van der Waals surface area contributed by atoms with Gasteiger partial charge in [-0.3, -0.25) is 4.98 Å². The quantitative estimate of drug-likeness (QED) is 0.723. The van der Waals surface area contributed by atoms with Crippen LogP contribution in [0.25, 0.3) is 11.2 Å². The molecule has 2 rings (SSSR count). The summed E-state index contributed by atoms with van der Waals surface area (Å²) in [6, 6.07) is 1.41. The minimum atomic E-state index is -1.37. The summed E-state index contributed by atoms with van der Waals surface area (Å²) in [4.78, 5) is 28.1. The van der Waals surface area contributed by atoms with Crippen LogP contribution in [0.15, 0.2) is 15.3 Å². The molecule has 0 radical (unpaired) electrons. The number of fused-ring (bicyclic) bond motifs is 1. The third-order valence-corrected chi connectivity index (χ3v) is 2.89. The molecule has 2 heterocycles. The number of aromatic amines is 1. The Morgan fingerprint density at radius 1 is 1.67 bits per heavy atom. The zero-order chi connectivity index (χ0) is 11.2. The SMILES string of the molecule is O=C(O)n1c(=O)[nH]c2nc(Cl)c(Br)cc21. The van der Waals surface area contributed by atoms with E-state index in [1.165, 1.54) is 6.07 Å². The van der Waals surface area contributed by atoms with E-state index < -0.39 is 11.8 Å². The van der Waals surface area contributed by atoms with Crippen molar-refractivity contribution in [2.24, 2.45) is 0 Å². The summed E-state index contributed by atoms with van der Waals surface area (Å²) in [6.07, 6.45) is -1.37. The molecule has 0 unspecified atom stereocenters. The monoisotopic (exact) mass is 291 g/mol. The van der Waals surface area contributed by atoms with E-state index in [9.17, 15) is 9.59 Å². The van der Waals surface area contributed by atoms with Gasteiger partial charge in [-0.1, -0.05) is 11.6 Å². The lowest BCUT2D eigenvalue weighted by Crippen LogP contribution is -2.22. The first-order valence-electron chi connectivity index (χ1n) is 3.71. The van der Waals surface area contributed by atoms with Gasteiger partial charge in [0.1, 0.15) is 10.7 Å². The normalized spacial score (nSPS) is 10.8. The first-order valence-corrected chi connectivity index (χ1v) is 4.88. The van der Waals surface area contributed by atoms with Crippen LogP contribution in [0, 0.1) is 0 Å². The summed E-state index contributed by atoms with van der Waals surface area (Å²) in [6.45, 7) is 0. The molecule has 0 saturated heterocycles. The van der Waals surface area contributed by atoms with Crippen molar-refractivity contribution < 1.29 is 9.90 Å². The Labute approximate surface area is 95.6 Å². The van der Waals surface area contributed by atoms with Crippen molar-refractivity contribution in [2.75, 3.05) is 0 Å². The second-order valence-corrected chi connectivity index (χ2v) is 3.89. The number of rotatable bonds is 0. The van der Waals surface area contributed by atoms with E-state index in [1.54, 1.807) is 0 Å². The van der Waals surface area contributed by atoms with Gasteiger partial charge in [-0.2, -0.15) is 4.57 Å². The zero-order valence-corrected chi connectivity index (χ0v) is 9.33. The molecule has 0 aliphatic heterocycles.